The van der Waals surface area contributed by atoms with Crippen molar-refractivity contribution in [3.8, 4) is 17.2 Å². The lowest BCUT2D eigenvalue weighted by atomic mass is 10.2. The summed E-state index contributed by atoms with van der Waals surface area (Å²) in [5.41, 5.74) is 1.30. The number of halogens is 1. The zero-order valence-electron chi connectivity index (χ0n) is 16.0. The van der Waals surface area contributed by atoms with Gasteiger partial charge in [-0.15, -0.1) is 0 Å². The molecule has 1 N–H and O–H groups in total. The molecule has 2 aromatic rings. The summed E-state index contributed by atoms with van der Waals surface area (Å²) in [6.45, 7) is 3.18. The van der Waals surface area contributed by atoms with Gasteiger partial charge in [-0.2, -0.15) is 0 Å². The van der Waals surface area contributed by atoms with Crippen LogP contribution in [0.4, 0.5) is 10.1 Å². The molecule has 0 aromatic heterocycles. The zero-order valence-corrected chi connectivity index (χ0v) is 16.0. The number of benzene rings is 2. The van der Waals surface area contributed by atoms with Crippen LogP contribution in [0.2, 0.25) is 0 Å². The molecule has 27 heavy (non-hydrogen) atoms. The maximum absolute atomic E-state index is 13.9. The number of methoxy groups -OCH3 is 3. The van der Waals surface area contributed by atoms with Crippen LogP contribution < -0.4 is 19.5 Å². The Balaban J connectivity index is 2.03. The van der Waals surface area contributed by atoms with E-state index in [0.717, 1.165) is 5.56 Å². The fourth-order valence-corrected chi connectivity index (χ4v) is 2.65. The number of rotatable bonds is 9. The van der Waals surface area contributed by atoms with E-state index in [-0.39, 0.29) is 18.2 Å². The molecule has 0 radical (unpaired) electrons. The van der Waals surface area contributed by atoms with Crippen LogP contribution in [0.25, 0.3) is 0 Å². The Labute approximate surface area is 158 Å². The third-order valence-corrected chi connectivity index (χ3v) is 4.12. The van der Waals surface area contributed by atoms with Crippen molar-refractivity contribution in [1.82, 2.24) is 4.90 Å². The molecule has 0 aliphatic heterocycles. The van der Waals surface area contributed by atoms with Crippen LogP contribution in [0, 0.1) is 5.82 Å². The minimum absolute atomic E-state index is 0.157. The molecule has 0 heterocycles. The van der Waals surface area contributed by atoms with Crippen molar-refractivity contribution in [3.05, 3.63) is 47.8 Å². The van der Waals surface area contributed by atoms with Gasteiger partial charge in [0, 0.05) is 12.6 Å². The van der Waals surface area contributed by atoms with Crippen LogP contribution in [0.15, 0.2) is 36.4 Å². The fraction of sp³-hybridized carbons (Fsp3) is 0.350. The van der Waals surface area contributed by atoms with E-state index in [1.807, 2.05) is 11.8 Å². The second-order valence-electron chi connectivity index (χ2n) is 5.89. The van der Waals surface area contributed by atoms with E-state index in [9.17, 15) is 9.18 Å². The molecule has 6 nitrogen and oxygen atoms in total. The van der Waals surface area contributed by atoms with Crippen molar-refractivity contribution in [2.45, 2.75) is 13.5 Å². The van der Waals surface area contributed by atoms with Gasteiger partial charge in [0.1, 0.15) is 11.5 Å². The lowest BCUT2D eigenvalue weighted by Crippen LogP contribution is -2.32. The van der Waals surface area contributed by atoms with Crippen molar-refractivity contribution >= 4 is 11.6 Å². The van der Waals surface area contributed by atoms with Gasteiger partial charge in [-0.25, -0.2) is 4.39 Å². The fourth-order valence-electron chi connectivity index (χ4n) is 2.65. The summed E-state index contributed by atoms with van der Waals surface area (Å²) in [4.78, 5) is 14.4. The second kappa shape index (κ2) is 9.78. The van der Waals surface area contributed by atoms with Gasteiger partial charge in [-0.3, -0.25) is 9.69 Å². The average molecular weight is 376 g/mol. The van der Waals surface area contributed by atoms with E-state index in [2.05, 4.69) is 5.32 Å². The van der Waals surface area contributed by atoms with E-state index in [1.54, 1.807) is 37.4 Å². The molecule has 0 saturated carbocycles. The van der Waals surface area contributed by atoms with Gasteiger partial charge in [0.2, 0.25) is 5.91 Å². The molecule has 0 unspecified atom stereocenters. The van der Waals surface area contributed by atoms with E-state index in [4.69, 9.17) is 14.2 Å². The quantitative estimate of drug-likeness (QED) is 0.728. The van der Waals surface area contributed by atoms with Crippen LogP contribution in [-0.2, 0) is 11.3 Å². The molecule has 146 valence electrons. The number of likely N-dealkylation sites (N-methyl/N-ethyl adjacent to an activating group) is 1. The number of nitrogens with one attached hydrogen (secondary N) is 1. The van der Waals surface area contributed by atoms with Crippen LogP contribution in [-0.4, -0.2) is 45.2 Å². The minimum Gasteiger partial charge on any atom is -0.497 e. The Kier molecular flexibility index (Phi) is 7.43. The second-order valence-corrected chi connectivity index (χ2v) is 5.89. The smallest absolute Gasteiger partial charge is 0.238 e. The normalized spacial score (nSPS) is 10.6. The van der Waals surface area contributed by atoms with Gasteiger partial charge in [-0.05, 0) is 36.4 Å². The summed E-state index contributed by atoms with van der Waals surface area (Å²) >= 11 is 0. The molecule has 0 atom stereocenters. The van der Waals surface area contributed by atoms with Crippen LogP contribution in [0.1, 0.15) is 12.5 Å². The van der Waals surface area contributed by atoms with E-state index >= 15 is 0 Å². The van der Waals surface area contributed by atoms with Gasteiger partial charge >= 0.3 is 0 Å². The van der Waals surface area contributed by atoms with Crippen molar-refractivity contribution in [1.29, 1.82) is 0 Å². The molecule has 0 bridgehead atoms. The Morgan fingerprint density at radius 3 is 2.33 bits per heavy atom. The highest BCUT2D eigenvalue weighted by atomic mass is 19.1. The molecule has 0 saturated heterocycles. The summed E-state index contributed by atoms with van der Waals surface area (Å²) < 4.78 is 29.2. The Morgan fingerprint density at radius 1 is 1.04 bits per heavy atom. The predicted octanol–water partition coefficient (Wildman–Crippen LogP) is 3.31. The number of anilines is 1. The van der Waals surface area contributed by atoms with Crippen molar-refractivity contribution in [2.75, 3.05) is 39.7 Å². The zero-order chi connectivity index (χ0) is 19.8. The first kappa shape index (κ1) is 20.5. The Bertz CT molecular complexity index is 783. The molecular formula is C20H25FN2O4. The lowest BCUT2D eigenvalue weighted by molar-refractivity contribution is -0.117. The minimum atomic E-state index is -0.420. The van der Waals surface area contributed by atoms with Gasteiger partial charge in [0.25, 0.3) is 0 Å². The lowest BCUT2D eigenvalue weighted by Gasteiger charge is -2.20. The van der Waals surface area contributed by atoms with Crippen LogP contribution in [0.3, 0.4) is 0 Å². The summed E-state index contributed by atoms with van der Waals surface area (Å²) in [7, 11) is 4.52. The Hall–Kier alpha value is -2.80. The van der Waals surface area contributed by atoms with Gasteiger partial charge in [0.05, 0.1) is 33.6 Å². The van der Waals surface area contributed by atoms with Gasteiger partial charge in [-0.1, -0.05) is 13.0 Å². The standard InChI is InChI=1S/C20H25FN2O4/c1-5-23(12-14-6-8-18(26-3)16(21)10-14)13-20(24)22-17-11-15(25-2)7-9-19(17)27-4/h6-11H,5,12-13H2,1-4H3,(H,22,24). The highest BCUT2D eigenvalue weighted by Gasteiger charge is 2.14. The van der Waals surface area contributed by atoms with E-state index < -0.39 is 5.82 Å². The summed E-state index contributed by atoms with van der Waals surface area (Å²) in [5, 5.41) is 2.84. The van der Waals surface area contributed by atoms with Crippen molar-refractivity contribution in [3.63, 3.8) is 0 Å². The first-order valence-corrected chi connectivity index (χ1v) is 8.57. The SMILES string of the molecule is CCN(CC(=O)Nc1cc(OC)ccc1OC)Cc1ccc(OC)c(F)c1. The topological polar surface area (TPSA) is 60.0 Å². The van der Waals surface area contributed by atoms with Crippen molar-refractivity contribution < 1.29 is 23.4 Å². The molecule has 7 heteroatoms. The molecule has 0 spiro atoms. The van der Waals surface area contributed by atoms with Crippen LogP contribution in [0.5, 0.6) is 17.2 Å². The number of hydrogen-bond donors (Lipinski definition) is 1. The number of carbonyl (C=O) groups is 1. The maximum Gasteiger partial charge on any atom is 0.238 e. The predicted molar refractivity (Wildman–Crippen MR) is 102 cm³/mol. The molecule has 0 aliphatic rings. The number of carbonyl (C=O) groups excluding carboxylic acids is 1. The molecule has 0 fully saturated rings. The van der Waals surface area contributed by atoms with Gasteiger partial charge in [0.15, 0.2) is 11.6 Å². The summed E-state index contributed by atoms with van der Waals surface area (Å²) in [6.07, 6.45) is 0. The largest absolute Gasteiger partial charge is 0.497 e. The highest BCUT2D eigenvalue weighted by Crippen LogP contribution is 2.28. The first-order chi connectivity index (χ1) is 13.0. The molecule has 2 aromatic carbocycles. The monoisotopic (exact) mass is 376 g/mol. The molecule has 0 aliphatic carbocycles. The molecular weight excluding hydrogens is 351 g/mol. The van der Waals surface area contributed by atoms with Crippen LogP contribution >= 0.6 is 0 Å². The summed E-state index contributed by atoms with van der Waals surface area (Å²) in [5.74, 6) is 0.746. The number of amides is 1. The van der Waals surface area contributed by atoms with Crippen molar-refractivity contribution in [2.24, 2.45) is 0 Å². The first-order valence-electron chi connectivity index (χ1n) is 8.57. The number of nitrogens with zero attached hydrogens (tertiary/aromatic N) is 1. The third kappa shape index (κ3) is 5.59. The molecule has 1 amide bonds. The highest BCUT2D eigenvalue weighted by molar-refractivity contribution is 5.94. The third-order valence-electron chi connectivity index (χ3n) is 4.12. The summed E-state index contributed by atoms with van der Waals surface area (Å²) in [6, 6.07) is 9.97. The van der Waals surface area contributed by atoms with E-state index in [0.29, 0.717) is 30.3 Å². The Morgan fingerprint density at radius 2 is 1.74 bits per heavy atom. The van der Waals surface area contributed by atoms with Gasteiger partial charge < -0.3 is 19.5 Å². The maximum atomic E-state index is 13.9. The number of ether oxygens (including phenoxy) is 3. The van der Waals surface area contributed by atoms with E-state index in [1.165, 1.54) is 20.3 Å². The average Bonchev–Trinajstić information content (AvgIpc) is 2.67. The number of hydrogen-bond acceptors (Lipinski definition) is 5. The molecule has 2 rings (SSSR count).